The molecule has 4 rings (SSSR count). The monoisotopic (exact) mass is 384 g/mol. The van der Waals surface area contributed by atoms with Crippen LogP contribution in [0.5, 0.6) is 5.75 Å². The van der Waals surface area contributed by atoms with Gasteiger partial charge in [0, 0.05) is 43.3 Å². The first-order valence-corrected chi connectivity index (χ1v) is 9.57. The number of aromatic amines is 1. The molecule has 2 unspecified atom stereocenters. The van der Waals surface area contributed by atoms with Crippen LogP contribution in [0.1, 0.15) is 6.92 Å². The van der Waals surface area contributed by atoms with Gasteiger partial charge in [0.05, 0.1) is 11.7 Å². The molecule has 6 nitrogen and oxygen atoms in total. The van der Waals surface area contributed by atoms with Crippen molar-refractivity contribution < 1.29 is 14.2 Å². The molecule has 148 valence electrons. The van der Waals surface area contributed by atoms with Crippen molar-refractivity contribution >= 4 is 16.6 Å². The Morgan fingerprint density at radius 1 is 1.29 bits per heavy atom. The molecule has 0 amide bonds. The number of hydrogen-bond donors (Lipinski definition) is 2. The Labute approximate surface area is 163 Å². The topological polar surface area (TPSA) is 64.6 Å². The predicted molar refractivity (Wildman–Crippen MR) is 107 cm³/mol. The van der Waals surface area contributed by atoms with Crippen molar-refractivity contribution in [3.05, 3.63) is 54.5 Å². The first-order valence-electron chi connectivity index (χ1n) is 9.57. The highest BCUT2D eigenvalue weighted by Gasteiger charge is 2.26. The number of aliphatic hydroxyl groups is 1. The van der Waals surface area contributed by atoms with Crippen LogP contribution >= 0.6 is 0 Å². The Balaban J connectivity index is 1.30. The molecule has 1 saturated heterocycles. The molecule has 0 saturated carbocycles. The van der Waals surface area contributed by atoms with Gasteiger partial charge in [-0.3, -0.25) is 10.00 Å². The Hall–Kier alpha value is -2.64. The predicted octanol–water partition coefficient (Wildman–Crippen LogP) is 2.65. The second kappa shape index (κ2) is 8.16. The summed E-state index contributed by atoms with van der Waals surface area (Å²) in [6.07, 6.45) is 1.17. The number of hydrogen-bond acceptors (Lipinski definition) is 5. The van der Waals surface area contributed by atoms with Crippen LogP contribution in [0.15, 0.2) is 48.7 Å². The van der Waals surface area contributed by atoms with E-state index in [-0.39, 0.29) is 18.4 Å². The number of halogens is 1. The van der Waals surface area contributed by atoms with Crippen LogP contribution < -0.4 is 9.64 Å². The molecular formula is C21H25FN4O2. The molecule has 1 fully saturated rings. The van der Waals surface area contributed by atoms with Gasteiger partial charge in [-0.15, -0.1) is 0 Å². The van der Waals surface area contributed by atoms with E-state index in [2.05, 4.69) is 45.1 Å². The fourth-order valence-corrected chi connectivity index (χ4v) is 3.70. The quantitative estimate of drug-likeness (QED) is 0.684. The smallest absolute Gasteiger partial charge is 0.165 e. The molecule has 2 N–H and O–H groups in total. The van der Waals surface area contributed by atoms with E-state index in [1.165, 1.54) is 11.8 Å². The number of fused-ring (bicyclic) bond motifs is 1. The summed E-state index contributed by atoms with van der Waals surface area (Å²) in [5, 5.41) is 18.5. The molecule has 28 heavy (non-hydrogen) atoms. The maximum Gasteiger partial charge on any atom is 0.165 e. The first-order chi connectivity index (χ1) is 13.6. The largest absolute Gasteiger partial charge is 0.488 e. The second-order valence-electron chi connectivity index (χ2n) is 7.33. The number of aliphatic hydroxyl groups excluding tert-OH is 1. The number of ether oxygens (including phenoxy) is 1. The number of benzene rings is 2. The lowest BCUT2D eigenvalue weighted by Gasteiger charge is -2.41. The fourth-order valence-electron chi connectivity index (χ4n) is 3.70. The van der Waals surface area contributed by atoms with Crippen LogP contribution in [0, 0.1) is 5.82 Å². The van der Waals surface area contributed by atoms with Gasteiger partial charge in [-0.25, -0.2) is 4.39 Å². The van der Waals surface area contributed by atoms with Gasteiger partial charge in [-0.1, -0.05) is 12.1 Å². The number of rotatable bonds is 6. The summed E-state index contributed by atoms with van der Waals surface area (Å²) in [5.41, 5.74) is 2.22. The van der Waals surface area contributed by atoms with Crippen molar-refractivity contribution in [2.24, 2.45) is 0 Å². The second-order valence-corrected chi connectivity index (χ2v) is 7.33. The molecule has 2 heterocycles. The van der Waals surface area contributed by atoms with Gasteiger partial charge >= 0.3 is 0 Å². The summed E-state index contributed by atoms with van der Waals surface area (Å²) in [5.74, 6) is -0.236. The highest BCUT2D eigenvalue weighted by atomic mass is 19.1. The standard InChI is InChI=1S/C21H25FN4O2/c1-15-12-26(17-6-7-20-16(10-17)11-23-24-20)9-8-25(15)13-18(27)14-28-21-5-3-2-4-19(21)22/h2-7,10-11,15,18,27H,8-9,12-14H2,1H3,(H,23,24). The average molecular weight is 384 g/mol. The molecule has 2 atom stereocenters. The summed E-state index contributed by atoms with van der Waals surface area (Å²) in [6.45, 7) is 5.35. The third-order valence-electron chi connectivity index (χ3n) is 5.27. The van der Waals surface area contributed by atoms with Crippen molar-refractivity contribution in [2.45, 2.75) is 19.1 Å². The van der Waals surface area contributed by atoms with Crippen LogP contribution in [-0.2, 0) is 0 Å². The van der Waals surface area contributed by atoms with E-state index in [0.29, 0.717) is 6.54 Å². The minimum Gasteiger partial charge on any atom is -0.488 e. The molecule has 0 aliphatic carbocycles. The zero-order chi connectivity index (χ0) is 19.5. The number of nitrogens with zero attached hydrogens (tertiary/aromatic N) is 3. The molecule has 1 aliphatic rings. The molecule has 0 radical (unpaired) electrons. The van der Waals surface area contributed by atoms with Crippen LogP contribution in [0.25, 0.3) is 10.9 Å². The highest BCUT2D eigenvalue weighted by molar-refractivity contribution is 5.82. The van der Waals surface area contributed by atoms with Gasteiger partial charge in [0.1, 0.15) is 12.7 Å². The minimum atomic E-state index is -0.670. The number of anilines is 1. The van der Waals surface area contributed by atoms with E-state index in [9.17, 15) is 9.50 Å². The summed E-state index contributed by atoms with van der Waals surface area (Å²) >= 11 is 0. The molecular weight excluding hydrogens is 359 g/mol. The van der Waals surface area contributed by atoms with E-state index in [4.69, 9.17) is 4.74 Å². The van der Waals surface area contributed by atoms with E-state index in [0.717, 1.165) is 30.5 Å². The molecule has 0 bridgehead atoms. The van der Waals surface area contributed by atoms with Gasteiger partial charge < -0.3 is 14.7 Å². The van der Waals surface area contributed by atoms with Crippen molar-refractivity contribution in [3.8, 4) is 5.75 Å². The molecule has 0 spiro atoms. The third kappa shape index (κ3) is 4.10. The Kier molecular flexibility index (Phi) is 5.45. The van der Waals surface area contributed by atoms with Crippen molar-refractivity contribution in [2.75, 3.05) is 37.7 Å². The van der Waals surface area contributed by atoms with E-state index in [1.807, 2.05) is 6.20 Å². The van der Waals surface area contributed by atoms with Crippen LogP contribution in [0.4, 0.5) is 10.1 Å². The highest BCUT2D eigenvalue weighted by Crippen LogP contribution is 2.23. The number of nitrogens with one attached hydrogen (secondary N) is 1. The van der Waals surface area contributed by atoms with Crippen LogP contribution in [0.2, 0.25) is 0 Å². The normalized spacial score (nSPS) is 19.1. The van der Waals surface area contributed by atoms with Crippen LogP contribution in [-0.4, -0.2) is 65.1 Å². The van der Waals surface area contributed by atoms with E-state index in [1.54, 1.807) is 18.2 Å². The molecule has 1 aromatic heterocycles. The minimum absolute atomic E-state index is 0.0744. The van der Waals surface area contributed by atoms with Gasteiger partial charge in [-0.2, -0.15) is 5.10 Å². The lowest BCUT2D eigenvalue weighted by molar-refractivity contribution is 0.0501. The van der Waals surface area contributed by atoms with E-state index < -0.39 is 11.9 Å². The van der Waals surface area contributed by atoms with Gasteiger partial charge in [0.25, 0.3) is 0 Å². The lowest BCUT2D eigenvalue weighted by Crippen LogP contribution is -2.54. The number of piperazine rings is 1. The van der Waals surface area contributed by atoms with Gasteiger partial charge in [-0.05, 0) is 37.3 Å². The Morgan fingerprint density at radius 3 is 2.96 bits per heavy atom. The maximum atomic E-state index is 13.6. The maximum absolute atomic E-state index is 13.6. The third-order valence-corrected chi connectivity index (χ3v) is 5.27. The average Bonchev–Trinajstić information content (AvgIpc) is 3.17. The zero-order valence-corrected chi connectivity index (χ0v) is 15.9. The summed E-state index contributed by atoms with van der Waals surface area (Å²) in [4.78, 5) is 4.61. The summed E-state index contributed by atoms with van der Waals surface area (Å²) < 4.78 is 19.0. The number of aromatic nitrogens is 2. The van der Waals surface area contributed by atoms with Crippen molar-refractivity contribution in [1.29, 1.82) is 0 Å². The molecule has 2 aromatic carbocycles. The molecule has 7 heteroatoms. The summed E-state index contributed by atoms with van der Waals surface area (Å²) in [7, 11) is 0. The van der Waals surface area contributed by atoms with Crippen LogP contribution in [0.3, 0.4) is 0 Å². The van der Waals surface area contributed by atoms with E-state index >= 15 is 0 Å². The molecule has 1 aliphatic heterocycles. The van der Waals surface area contributed by atoms with Gasteiger partial charge in [0.15, 0.2) is 11.6 Å². The SMILES string of the molecule is CC1CN(c2ccc3[nH]ncc3c2)CCN1CC(O)COc1ccccc1F. The Bertz CT molecular complexity index is 931. The number of para-hydroxylation sites is 1. The fraction of sp³-hybridized carbons (Fsp3) is 0.381. The number of β-amino-alcohol motifs (C(OH)–C–C–N with tert-alkyl or cyclic N) is 1. The Morgan fingerprint density at radius 2 is 2.14 bits per heavy atom. The van der Waals surface area contributed by atoms with Crippen molar-refractivity contribution in [3.63, 3.8) is 0 Å². The summed E-state index contributed by atoms with van der Waals surface area (Å²) in [6, 6.07) is 12.9. The first kappa shape index (κ1) is 18.7. The number of H-pyrrole nitrogens is 1. The molecule has 3 aromatic rings. The van der Waals surface area contributed by atoms with Gasteiger partial charge in [0.2, 0.25) is 0 Å². The van der Waals surface area contributed by atoms with Crippen molar-refractivity contribution in [1.82, 2.24) is 15.1 Å². The lowest BCUT2D eigenvalue weighted by atomic mass is 10.1. The zero-order valence-electron chi connectivity index (χ0n) is 15.9.